The molecule has 1 N–H and O–H groups in total. The standard InChI is InChI=1S/C14H27NO3/c1-6-11(7-2)15(5)12(16)10-14(8-3,9-4)13(17)18/h11H,6-10H2,1-5H3,(H,17,18). The summed E-state index contributed by atoms with van der Waals surface area (Å²) in [6.45, 7) is 7.76. The molecule has 0 saturated heterocycles. The third-order valence-electron chi connectivity index (χ3n) is 4.18. The number of carbonyl (C=O) groups is 2. The molecule has 0 unspecified atom stereocenters. The van der Waals surface area contributed by atoms with Crippen molar-refractivity contribution in [3.8, 4) is 0 Å². The highest BCUT2D eigenvalue weighted by Crippen LogP contribution is 2.32. The minimum Gasteiger partial charge on any atom is -0.481 e. The van der Waals surface area contributed by atoms with Gasteiger partial charge in [-0.05, 0) is 25.7 Å². The molecule has 0 aromatic heterocycles. The van der Waals surface area contributed by atoms with Crippen LogP contribution in [0.2, 0.25) is 0 Å². The Morgan fingerprint density at radius 3 is 1.83 bits per heavy atom. The third kappa shape index (κ3) is 3.72. The molecule has 106 valence electrons. The van der Waals surface area contributed by atoms with Gasteiger partial charge in [-0.25, -0.2) is 0 Å². The fourth-order valence-corrected chi connectivity index (χ4v) is 2.33. The van der Waals surface area contributed by atoms with Crippen LogP contribution in [0.5, 0.6) is 0 Å². The predicted molar refractivity (Wildman–Crippen MR) is 72.4 cm³/mol. The monoisotopic (exact) mass is 257 g/mol. The first-order chi connectivity index (χ1) is 8.38. The number of amides is 1. The van der Waals surface area contributed by atoms with E-state index >= 15 is 0 Å². The Bertz CT molecular complexity index is 281. The molecule has 0 aromatic rings. The number of hydrogen-bond donors (Lipinski definition) is 1. The Kier molecular flexibility index (Phi) is 6.96. The number of carboxylic acids is 1. The lowest BCUT2D eigenvalue weighted by atomic mass is 9.79. The highest BCUT2D eigenvalue weighted by molar-refractivity contribution is 5.85. The first kappa shape index (κ1) is 16.9. The summed E-state index contributed by atoms with van der Waals surface area (Å²) in [5.74, 6) is -0.923. The van der Waals surface area contributed by atoms with Gasteiger partial charge in [-0.2, -0.15) is 0 Å². The van der Waals surface area contributed by atoms with Crippen LogP contribution in [0.4, 0.5) is 0 Å². The summed E-state index contributed by atoms with van der Waals surface area (Å²) in [7, 11) is 1.78. The van der Waals surface area contributed by atoms with E-state index in [0.29, 0.717) is 12.8 Å². The second kappa shape index (κ2) is 7.39. The second-order valence-corrected chi connectivity index (χ2v) is 4.94. The van der Waals surface area contributed by atoms with Crippen molar-refractivity contribution < 1.29 is 14.7 Å². The number of rotatable bonds is 8. The van der Waals surface area contributed by atoms with Gasteiger partial charge in [0.25, 0.3) is 0 Å². The van der Waals surface area contributed by atoms with Crippen molar-refractivity contribution in [2.75, 3.05) is 7.05 Å². The second-order valence-electron chi connectivity index (χ2n) is 4.94. The largest absolute Gasteiger partial charge is 0.481 e. The Labute approximate surface area is 110 Å². The zero-order valence-corrected chi connectivity index (χ0v) is 12.3. The molecular weight excluding hydrogens is 230 g/mol. The topological polar surface area (TPSA) is 57.6 Å². The molecule has 18 heavy (non-hydrogen) atoms. The molecule has 0 aliphatic rings. The number of nitrogens with zero attached hydrogens (tertiary/aromatic N) is 1. The number of aliphatic carboxylic acids is 1. The van der Waals surface area contributed by atoms with E-state index in [9.17, 15) is 14.7 Å². The molecule has 1 amide bonds. The molecule has 4 heteroatoms. The molecule has 0 aliphatic heterocycles. The lowest BCUT2D eigenvalue weighted by molar-refractivity contribution is -0.154. The van der Waals surface area contributed by atoms with E-state index < -0.39 is 11.4 Å². The van der Waals surface area contributed by atoms with Crippen LogP contribution in [0.1, 0.15) is 59.8 Å². The van der Waals surface area contributed by atoms with Crippen molar-refractivity contribution in [2.45, 2.75) is 65.8 Å². The van der Waals surface area contributed by atoms with Crippen molar-refractivity contribution in [1.29, 1.82) is 0 Å². The maximum atomic E-state index is 12.2. The normalized spacial score (nSPS) is 11.7. The van der Waals surface area contributed by atoms with Crippen molar-refractivity contribution in [3.63, 3.8) is 0 Å². The zero-order valence-electron chi connectivity index (χ0n) is 12.3. The van der Waals surface area contributed by atoms with E-state index in [-0.39, 0.29) is 18.4 Å². The lowest BCUT2D eigenvalue weighted by Crippen LogP contribution is -2.41. The van der Waals surface area contributed by atoms with Crippen molar-refractivity contribution in [1.82, 2.24) is 4.90 Å². The van der Waals surface area contributed by atoms with E-state index in [1.165, 1.54) is 0 Å². The third-order valence-corrected chi connectivity index (χ3v) is 4.18. The summed E-state index contributed by atoms with van der Waals surface area (Å²) in [4.78, 5) is 25.3. The van der Waals surface area contributed by atoms with E-state index in [0.717, 1.165) is 12.8 Å². The fourth-order valence-electron chi connectivity index (χ4n) is 2.33. The highest BCUT2D eigenvalue weighted by Gasteiger charge is 2.38. The molecule has 0 saturated carbocycles. The number of hydrogen-bond acceptors (Lipinski definition) is 2. The molecule has 0 atom stereocenters. The van der Waals surface area contributed by atoms with Gasteiger partial charge in [-0.3, -0.25) is 9.59 Å². The van der Waals surface area contributed by atoms with Crippen molar-refractivity contribution in [2.24, 2.45) is 5.41 Å². The smallest absolute Gasteiger partial charge is 0.310 e. The Balaban J connectivity index is 4.85. The van der Waals surface area contributed by atoms with Crippen LogP contribution in [-0.2, 0) is 9.59 Å². The van der Waals surface area contributed by atoms with Gasteiger partial charge in [0.05, 0.1) is 5.41 Å². The molecule has 0 bridgehead atoms. The van der Waals surface area contributed by atoms with Gasteiger partial charge in [0.1, 0.15) is 0 Å². The van der Waals surface area contributed by atoms with Crippen LogP contribution in [0.15, 0.2) is 0 Å². The molecule has 0 aliphatic carbocycles. The Morgan fingerprint density at radius 1 is 1.11 bits per heavy atom. The summed E-state index contributed by atoms with van der Waals surface area (Å²) in [6.07, 6.45) is 2.87. The average molecular weight is 257 g/mol. The number of carbonyl (C=O) groups excluding carboxylic acids is 1. The van der Waals surface area contributed by atoms with Gasteiger partial charge in [-0.1, -0.05) is 27.7 Å². The lowest BCUT2D eigenvalue weighted by Gasteiger charge is -2.32. The van der Waals surface area contributed by atoms with Gasteiger partial charge in [-0.15, -0.1) is 0 Å². The summed E-state index contributed by atoms with van der Waals surface area (Å²) < 4.78 is 0. The maximum Gasteiger partial charge on any atom is 0.310 e. The summed E-state index contributed by atoms with van der Waals surface area (Å²) in [5.41, 5.74) is -0.905. The molecular formula is C14H27NO3. The van der Waals surface area contributed by atoms with Gasteiger partial charge in [0.2, 0.25) is 5.91 Å². The predicted octanol–water partition coefficient (Wildman–Crippen LogP) is 2.91. The van der Waals surface area contributed by atoms with Crippen LogP contribution in [0, 0.1) is 5.41 Å². The highest BCUT2D eigenvalue weighted by atomic mass is 16.4. The van der Waals surface area contributed by atoms with Crippen LogP contribution >= 0.6 is 0 Å². The van der Waals surface area contributed by atoms with Gasteiger partial charge in [0.15, 0.2) is 0 Å². The summed E-state index contributed by atoms with van der Waals surface area (Å²) in [6, 6.07) is 0.206. The maximum absolute atomic E-state index is 12.2. The SMILES string of the molecule is CCC(CC)N(C)C(=O)CC(CC)(CC)C(=O)O. The van der Waals surface area contributed by atoms with Gasteiger partial charge in [0, 0.05) is 19.5 Å². The molecule has 0 rings (SSSR count). The first-order valence-electron chi connectivity index (χ1n) is 6.87. The Hall–Kier alpha value is -1.06. The summed E-state index contributed by atoms with van der Waals surface area (Å²) >= 11 is 0. The van der Waals surface area contributed by atoms with Crippen LogP contribution in [0.3, 0.4) is 0 Å². The van der Waals surface area contributed by atoms with Gasteiger partial charge >= 0.3 is 5.97 Å². The minimum absolute atomic E-state index is 0.0604. The number of carboxylic acid groups (broad SMARTS) is 1. The van der Waals surface area contributed by atoms with E-state index in [1.807, 2.05) is 27.7 Å². The summed E-state index contributed by atoms with van der Waals surface area (Å²) in [5, 5.41) is 9.34. The van der Waals surface area contributed by atoms with Crippen molar-refractivity contribution >= 4 is 11.9 Å². The minimum atomic E-state index is -0.905. The van der Waals surface area contributed by atoms with Crippen molar-refractivity contribution in [3.05, 3.63) is 0 Å². The molecule has 0 aromatic carbocycles. The zero-order chi connectivity index (χ0) is 14.3. The molecule has 4 nitrogen and oxygen atoms in total. The van der Waals surface area contributed by atoms with Crippen LogP contribution < -0.4 is 0 Å². The van der Waals surface area contributed by atoms with Gasteiger partial charge < -0.3 is 10.0 Å². The molecule has 0 heterocycles. The van der Waals surface area contributed by atoms with Crippen LogP contribution in [0.25, 0.3) is 0 Å². The van der Waals surface area contributed by atoms with E-state index in [2.05, 4.69) is 0 Å². The van der Waals surface area contributed by atoms with Crippen LogP contribution in [-0.4, -0.2) is 35.0 Å². The fraction of sp³-hybridized carbons (Fsp3) is 0.857. The Morgan fingerprint density at radius 2 is 1.56 bits per heavy atom. The molecule has 0 fully saturated rings. The molecule has 0 spiro atoms. The van der Waals surface area contributed by atoms with E-state index in [4.69, 9.17) is 0 Å². The van der Waals surface area contributed by atoms with E-state index in [1.54, 1.807) is 11.9 Å². The molecule has 0 radical (unpaired) electrons. The quantitative estimate of drug-likeness (QED) is 0.727. The first-order valence-corrected chi connectivity index (χ1v) is 6.87. The average Bonchev–Trinajstić information content (AvgIpc) is 2.36.